The molecular weight excluding hydrogens is 390 g/mol. The third kappa shape index (κ3) is 6.04. The van der Waals surface area contributed by atoms with E-state index in [2.05, 4.69) is 17.2 Å². The molecule has 0 saturated heterocycles. The fourth-order valence-corrected chi connectivity index (χ4v) is 3.42. The van der Waals surface area contributed by atoms with Crippen LogP contribution in [-0.2, 0) is 17.8 Å². The Balaban J connectivity index is 1.62. The zero-order valence-corrected chi connectivity index (χ0v) is 18.1. The lowest BCUT2D eigenvalue weighted by Crippen LogP contribution is -2.27. The molecule has 2 aromatic carbocycles. The van der Waals surface area contributed by atoms with E-state index in [0.29, 0.717) is 31.0 Å². The van der Waals surface area contributed by atoms with Crippen LogP contribution in [0.5, 0.6) is 5.75 Å². The molecule has 0 radical (unpaired) electrons. The molecule has 0 bridgehead atoms. The maximum atomic E-state index is 12.7. The van der Waals surface area contributed by atoms with Gasteiger partial charge in [-0.25, -0.2) is 4.98 Å². The minimum atomic E-state index is -0.178. The van der Waals surface area contributed by atoms with E-state index in [-0.39, 0.29) is 11.6 Å². The number of aryl methyl sites for hydroxylation is 1. The summed E-state index contributed by atoms with van der Waals surface area (Å²) in [7, 11) is 0. The molecule has 0 aliphatic rings. The first-order valence-corrected chi connectivity index (χ1v) is 10.8. The molecule has 0 aliphatic carbocycles. The molecule has 3 aromatic rings. The molecule has 1 N–H and O–H groups in total. The Morgan fingerprint density at radius 1 is 1.10 bits per heavy atom. The van der Waals surface area contributed by atoms with Gasteiger partial charge in [0.1, 0.15) is 24.5 Å². The maximum Gasteiger partial charge on any atom is 0.254 e. The van der Waals surface area contributed by atoms with E-state index in [1.54, 1.807) is 10.6 Å². The average molecular weight is 420 g/mol. The SMILES string of the molecule is CCCC(C=O)Nc1ccc(OCCn2c(CC)nc(-c3ccccc3)cc2=O)cc1. The van der Waals surface area contributed by atoms with Crippen molar-refractivity contribution < 1.29 is 9.53 Å². The van der Waals surface area contributed by atoms with E-state index < -0.39 is 0 Å². The van der Waals surface area contributed by atoms with Crippen LogP contribution in [0.3, 0.4) is 0 Å². The number of carbonyl (C=O) groups excluding carboxylic acids is 1. The second kappa shape index (κ2) is 11.1. The molecule has 1 aromatic heterocycles. The highest BCUT2D eigenvalue weighted by Gasteiger charge is 2.09. The van der Waals surface area contributed by atoms with Crippen LogP contribution in [0, 0.1) is 0 Å². The first-order chi connectivity index (χ1) is 15.1. The zero-order chi connectivity index (χ0) is 22.1. The maximum absolute atomic E-state index is 12.7. The molecule has 1 unspecified atom stereocenters. The average Bonchev–Trinajstić information content (AvgIpc) is 2.81. The van der Waals surface area contributed by atoms with E-state index in [4.69, 9.17) is 4.74 Å². The van der Waals surface area contributed by atoms with E-state index in [1.807, 2.05) is 61.5 Å². The fourth-order valence-electron chi connectivity index (χ4n) is 3.42. The predicted molar refractivity (Wildman–Crippen MR) is 124 cm³/mol. The van der Waals surface area contributed by atoms with Crippen molar-refractivity contribution in [2.24, 2.45) is 0 Å². The quantitative estimate of drug-likeness (QED) is 0.468. The molecule has 0 fully saturated rings. The summed E-state index contributed by atoms with van der Waals surface area (Å²) in [5, 5.41) is 3.20. The molecule has 1 heterocycles. The number of aromatic nitrogens is 2. The van der Waals surface area contributed by atoms with Crippen LogP contribution in [0.1, 0.15) is 32.5 Å². The number of rotatable bonds is 11. The molecule has 6 nitrogen and oxygen atoms in total. The monoisotopic (exact) mass is 419 g/mol. The number of ether oxygens (including phenoxy) is 1. The number of aldehydes is 1. The van der Waals surface area contributed by atoms with Crippen molar-refractivity contribution in [1.82, 2.24) is 9.55 Å². The Bertz CT molecular complexity index is 1030. The summed E-state index contributed by atoms with van der Waals surface area (Å²) in [4.78, 5) is 28.5. The van der Waals surface area contributed by atoms with Gasteiger partial charge in [0.15, 0.2) is 0 Å². The van der Waals surface area contributed by atoms with Crippen LogP contribution < -0.4 is 15.6 Å². The lowest BCUT2D eigenvalue weighted by Gasteiger charge is -2.15. The van der Waals surface area contributed by atoms with Crippen molar-refractivity contribution in [2.45, 2.75) is 45.7 Å². The van der Waals surface area contributed by atoms with Gasteiger partial charge in [-0.05, 0) is 30.7 Å². The first kappa shape index (κ1) is 22.3. The molecular formula is C25H29N3O3. The van der Waals surface area contributed by atoms with Crippen LogP contribution in [-0.4, -0.2) is 28.5 Å². The summed E-state index contributed by atoms with van der Waals surface area (Å²) >= 11 is 0. The zero-order valence-electron chi connectivity index (χ0n) is 18.1. The third-order valence-corrected chi connectivity index (χ3v) is 5.03. The Morgan fingerprint density at radius 3 is 2.48 bits per heavy atom. The second-order valence-corrected chi connectivity index (χ2v) is 7.32. The molecule has 3 rings (SSSR count). The van der Waals surface area contributed by atoms with E-state index in [1.165, 1.54) is 0 Å². The van der Waals surface area contributed by atoms with Crippen molar-refractivity contribution in [3.63, 3.8) is 0 Å². The van der Waals surface area contributed by atoms with Gasteiger partial charge in [-0.15, -0.1) is 0 Å². The number of benzene rings is 2. The summed E-state index contributed by atoms with van der Waals surface area (Å²) in [5.74, 6) is 1.45. The summed E-state index contributed by atoms with van der Waals surface area (Å²) < 4.78 is 7.50. The highest BCUT2D eigenvalue weighted by molar-refractivity contribution is 5.64. The topological polar surface area (TPSA) is 73.2 Å². The van der Waals surface area contributed by atoms with Crippen molar-refractivity contribution >= 4 is 12.0 Å². The van der Waals surface area contributed by atoms with Crippen molar-refractivity contribution in [1.29, 1.82) is 0 Å². The van der Waals surface area contributed by atoms with Crippen LogP contribution in [0.15, 0.2) is 65.5 Å². The second-order valence-electron chi connectivity index (χ2n) is 7.32. The van der Waals surface area contributed by atoms with Gasteiger partial charge in [-0.1, -0.05) is 50.6 Å². The largest absolute Gasteiger partial charge is 0.492 e. The molecule has 0 saturated carbocycles. The van der Waals surface area contributed by atoms with Crippen LogP contribution in [0.25, 0.3) is 11.3 Å². The van der Waals surface area contributed by atoms with Crippen molar-refractivity contribution in [3.05, 3.63) is 76.8 Å². The standard InChI is InChI=1S/C25H29N3O3/c1-3-8-21(18-29)26-20-11-13-22(14-12-20)31-16-15-28-24(4-2)27-23(17-25(28)30)19-9-6-5-7-10-19/h5-7,9-14,17-18,21,26H,3-4,8,15-16H2,1-2H3. The Morgan fingerprint density at radius 2 is 1.84 bits per heavy atom. The fraction of sp³-hybridized carbons (Fsp3) is 0.320. The third-order valence-electron chi connectivity index (χ3n) is 5.03. The Kier molecular flexibility index (Phi) is 7.98. The van der Waals surface area contributed by atoms with Crippen LogP contribution >= 0.6 is 0 Å². The number of nitrogens with one attached hydrogen (secondary N) is 1. The molecule has 31 heavy (non-hydrogen) atoms. The molecule has 1 atom stereocenters. The lowest BCUT2D eigenvalue weighted by atomic mass is 10.1. The molecule has 162 valence electrons. The van der Waals surface area contributed by atoms with Gasteiger partial charge in [0, 0.05) is 23.7 Å². The Labute approximate surface area is 182 Å². The summed E-state index contributed by atoms with van der Waals surface area (Å²) in [6, 6.07) is 18.6. The van der Waals surface area contributed by atoms with Gasteiger partial charge < -0.3 is 14.8 Å². The van der Waals surface area contributed by atoms with Crippen LogP contribution in [0.4, 0.5) is 5.69 Å². The first-order valence-electron chi connectivity index (χ1n) is 10.8. The molecule has 0 aliphatic heterocycles. The van der Waals surface area contributed by atoms with Crippen molar-refractivity contribution in [2.75, 3.05) is 11.9 Å². The molecule has 0 spiro atoms. The highest BCUT2D eigenvalue weighted by atomic mass is 16.5. The normalized spacial score (nSPS) is 11.7. The number of hydrogen-bond donors (Lipinski definition) is 1. The number of carbonyl (C=O) groups is 1. The van der Waals surface area contributed by atoms with Gasteiger partial charge in [0.25, 0.3) is 5.56 Å². The van der Waals surface area contributed by atoms with E-state index >= 15 is 0 Å². The predicted octanol–water partition coefficient (Wildman–Crippen LogP) is 4.33. The minimum Gasteiger partial charge on any atom is -0.492 e. The Hall–Kier alpha value is -3.41. The molecule has 0 amide bonds. The number of anilines is 1. The number of hydrogen-bond acceptors (Lipinski definition) is 5. The van der Waals surface area contributed by atoms with Crippen molar-refractivity contribution in [3.8, 4) is 17.0 Å². The summed E-state index contributed by atoms with van der Waals surface area (Å²) in [6.45, 7) is 4.83. The highest BCUT2D eigenvalue weighted by Crippen LogP contribution is 2.18. The van der Waals surface area contributed by atoms with E-state index in [0.717, 1.165) is 36.2 Å². The smallest absolute Gasteiger partial charge is 0.254 e. The van der Waals surface area contributed by atoms with Gasteiger partial charge in [0.05, 0.1) is 18.3 Å². The minimum absolute atomic E-state index is 0.0790. The lowest BCUT2D eigenvalue weighted by molar-refractivity contribution is -0.108. The molecule has 6 heteroatoms. The van der Waals surface area contributed by atoms with Gasteiger partial charge >= 0.3 is 0 Å². The van der Waals surface area contributed by atoms with Gasteiger partial charge in [-0.2, -0.15) is 0 Å². The van der Waals surface area contributed by atoms with E-state index in [9.17, 15) is 9.59 Å². The summed E-state index contributed by atoms with van der Waals surface area (Å²) in [5.41, 5.74) is 2.43. The summed E-state index contributed by atoms with van der Waals surface area (Å²) in [6.07, 6.45) is 3.34. The number of nitrogens with zero attached hydrogens (tertiary/aromatic N) is 2. The van der Waals surface area contributed by atoms with Gasteiger partial charge in [0.2, 0.25) is 0 Å². The van der Waals surface area contributed by atoms with Crippen LogP contribution in [0.2, 0.25) is 0 Å². The van der Waals surface area contributed by atoms with Gasteiger partial charge in [-0.3, -0.25) is 9.36 Å².